The van der Waals surface area contributed by atoms with Crippen LogP contribution < -0.4 is 9.62 Å². The summed E-state index contributed by atoms with van der Waals surface area (Å²) >= 11 is 0. The van der Waals surface area contributed by atoms with Gasteiger partial charge in [-0.3, -0.25) is 4.79 Å². The van der Waals surface area contributed by atoms with Crippen molar-refractivity contribution >= 4 is 21.6 Å². The van der Waals surface area contributed by atoms with Crippen molar-refractivity contribution in [1.82, 2.24) is 4.72 Å². The van der Waals surface area contributed by atoms with Gasteiger partial charge in [0, 0.05) is 24.7 Å². The van der Waals surface area contributed by atoms with Crippen LogP contribution in [0.3, 0.4) is 0 Å². The van der Waals surface area contributed by atoms with Crippen molar-refractivity contribution in [3.8, 4) is 0 Å². The lowest BCUT2D eigenvalue weighted by Gasteiger charge is -2.21. The number of rotatable bonds is 6. The van der Waals surface area contributed by atoms with Gasteiger partial charge in [-0.05, 0) is 56.0 Å². The van der Waals surface area contributed by atoms with Crippen LogP contribution in [0.15, 0.2) is 47.4 Å². The number of benzene rings is 2. The fourth-order valence-electron chi connectivity index (χ4n) is 3.44. The fourth-order valence-corrected chi connectivity index (χ4v) is 4.83. The van der Waals surface area contributed by atoms with Crippen LogP contribution in [0.2, 0.25) is 0 Å². The first kappa shape index (κ1) is 19.6. The molecule has 1 atom stereocenters. The summed E-state index contributed by atoms with van der Waals surface area (Å²) in [5.41, 5.74) is 3.67. The van der Waals surface area contributed by atoms with Crippen molar-refractivity contribution in [2.75, 3.05) is 11.4 Å². The van der Waals surface area contributed by atoms with E-state index in [1.54, 1.807) is 23.1 Å². The molecule has 0 bridgehead atoms. The summed E-state index contributed by atoms with van der Waals surface area (Å²) in [4.78, 5) is 13.9. The molecule has 0 saturated carbocycles. The van der Waals surface area contributed by atoms with Crippen molar-refractivity contribution in [2.45, 2.75) is 51.0 Å². The number of sulfonamides is 1. The molecule has 144 valence electrons. The summed E-state index contributed by atoms with van der Waals surface area (Å²) < 4.78 is 28.6. The summed E-state index contributed by atoms with van der Waals surface area (Å²) in [7, 11) is -3.66. The zero-order valence-electron chi connectivity index (χ0n) is 16.0. The summed E-state index contributed by atoms with van der Waals surface area (Å²) in [5.74, 6) is 0.0947. The van der Waals surface area contributed by atoms with E-state index in [-0.39, 0.29) is 16.8 Å². The minimum absolute atomic E-state index is 0.0947. The Morgan fingerprint density at radius 1 is 1.11 bits per heavy atom. The lowest BCUT2D eigenvalue weighted by atomic mass is 10.0. The third kappa shape index (κ3) is 4.22. The largest absolute Gasteiger partial charge is 0.312 e. The van der Waals surface area contributed by atoms with Crippen LogP contribution in [0, 0.1) is 13.8 Å². The quantitative estimate of drug-likeness (QED) is 0.820. The van der Waals surface area contributed by atoms with Gasteiger partial charge in [-0.2, -0.15) is 0 Å². The number of hydrogen-bond donors (Lipinski definition) is 1. The fraction of sp³-hybridized carbons (Fsp3) is 0.381. The SMILES string of the molecule is CCC(NS(=O)(=O)c1ccc(N2CCCC2=O)c(C)c1)c1ccc(C)cc1. The molecule has 1 saturated heterocycles. The van der Waals surface area contributed by atoms with Gasteiger partial charge in [-0.15, -0.1) is 0 Å². The van der Waals surface area contributed by atoms with E-state index in [2.05, 4.69) is 4.72 Å². The van der Waals surface area contributed by atoms with Crippen LogP contribution in [0.5, 0.6) is 0 Å². The van der Waals surface area contributed by atoms with Crippen molar-refractivity contribution in [1.29, 1.82) is 0 Å². The van der Waals surface area contributed by atoms with Gasteiger partial charge < -0.3 is 4.90 Å². The van der Waals surface area contributed by atoms with E-state index < -0.39 is 10.0 Å². The number of hydrogen-bond acceptors (Lipinski definition) is 3. The average molecular weight is 387 g/mol. The Kier molecular flexibility index (Phi) is 5.67. The first-order valence-electron chi connectivity index (χ1n) is 9.31. The van der Waals surface area contributed by atoms with Crippen molar-refractivity contribution in [3.63, 3.8) is 0 Å². The molecule has 2 aromatic rings. The van der Waals surface area contributed by atoms with Crippen molar-refractivity contribution < 1.29 is 13.2 Å². The maximum Gasteiger partial charge on any atom is 0.241 e. The topological polar surface area (TPSA) is 66.5 Å². The first-order chi connectivity index (χ1) is 12.8. The predicted octanol–water partition coefficient (Wildman–Crippen LogP) is 3.86. The lowest BCUT2D eigenvalue weighted by molar-refractivity contribution is -0.117. The van der Waals surface area contributed by atoms with Gasteiger partial charge in [0.05, 0.1) is 4.90 Å². The highest BCUT2D eigenvalue weighted by Gasteiger charge is 2.25. The molecule has 0 spiro atoms. The van der Waals surface area contributed by atoms with E-state index in [9.17, 15) is 13.2 Å². The maximum absolute atomic E-state index is 12.9. The van der Waals surface area contributed by atoms with Gasteiger partial charge in [0.1, 0.15) is 0 Å². The maximum atomic E-state index is 12.9. The Hall–Kier alpha value is -2.18. The summed E-state index contributed by atoms with van der Waals surface area (Å²) in [6, 6.07) is 12.6. The highest BCUT2D eigenvalue weighted by molar-refractivity contribution is 7.89. The second-order valence-electron chi connectivity index (χ2n) is 7.09. The Labute approximate surface area is 161 Å². The number of nitrogens with one attached hydrogen (secondary N) is 1. The van der Waals surface area contributed by atoms with E-state index >= 15 is 0 Å². The summed E-state index contributed by atoms with van der Waals surface area (Å²) in [5, 5.41) is 0. The highest BCUT2D eigenvalue weighted by Crippen LogP contribution is 2.28. The zero-order chi connectivity index (χ0) is 19.6. The third-order valence-corrected chi connectivity index (χ3v) is 6.50. The molecule has 3 rings (SSSR count). The monoisotopic (exact) mass is 386 g/mol. The summed E-state index contributed by atoms with van der Waals surface area (Å²) in [6.07, 6.45) is 2.05. The molecule has 0 aliphatic carbocycles. The molecule has 1 fully saturated rings. The van der Waals surface area contributed by atoms with Crippen molar-refractivity contribution in [3.05, 3.63) is 59.2 Å². The number of carbonyl (C=O) groups is 1. The number of carbonyl (C=O) groups excluding carboxylic acids is 1. The van der Waals surface area contributed by atoms with Gasteiger partial charge in [0.25, 0.3) is 0 Å². The number of anilines is 1. The van der Waals surface area contributed by atoms with Gasteiger partial charge in [-0.1, -0.05) is 36.8 Å². The third-order valence-electron chi connectivity index (χ3n) is 5.03. The lowest BCUT2D eigenvalue weighted by Crippen LogP contribution is -2.29. The molecule has 1 aliphatic heterocycles. The van der Waals surface area contributed by atoms with Gasteiger partial charge >= 0.3 is 0 Å². The van der Waals surface area contributed by atoms with Gasteiger partial charge in [-0.25, -0.2) is 13.1 Å². The summed E-state index contributed by atoms with van der Waals surface area (Å²) in [6.45, 7) is 6.50. The average Bonchev–Trinajstić information content (AvgIpc) is 3.06. The van der Waals surface area contributed by atoms with Crippen molar-refractivity contribution in [2.24, 2.45) is 0 Å². The molecule has 1 aliphatic rings. The standard InChI is InChI=1S/C21H26N2O3S/c1-4-19(17-9-7-15(2)8-10-17)22-27(25,26)18-11-12-20(16(3)14-18)23-13-5-6-21(23)24/h7-12,14,19,22H,4-6,13H2,1-3H3. The van der Waals surface area contributed by atoms with Crippen LogP contribution in [-0.4, -0.2) is 20.9 Å². The van der Waals surface area contributed by atoms with Crippen LogP contribution in [0.1, 0.15) is 48.9 Å². The second-order valence-corrected chi connectivity index (χ2v) is 8.80. The molecule has 1 amide bonds. The van der Waals surface area contributed by atoms with E-state index in [4.69, 9.17) is 0 Å². The molecular weight excluding hydrogens is 360 g/mol. The molecule has 6 heteroatoms. The van der Waals surface area contributed by atoms with E-state index in [0.717, 1.165) is 28.8 Å². The second kappa shape index (κ2) is 7.82. The van der Waals surface area contributed by atoms with E-state index in [0.29, 0.717) is 19.4 Å². The molecule has 0 radical (unpaired) electrons. The number of nitrogens with zero attached hydrogens (tertiary/aromatic N) is 1. The number of aryl methyl sites for hydroxylation is 2. The van der Waals surface area contributed by atoms with Crippen LogP contribution in [0.4, 0.5) is 5.69 Å². The van der Waals surface area contributed by atoms with E-state index in [1.807, 2.05) is 45.0 Å². The first-order valence-corrected chi connectivity index (χ1v) is 10.8. The Balaban J connectivity index is 1.84. The Morgan fingerprint density at radius 3 is 2.37 bits per heavy atom. The Bertz CT molecular complexity index is 936. The van der Waals surface area contributed by atoms with Gasteiger partial charge in [0.15, 0.2) is 0 Å². The van der Waals surface area contributed by atoms with E-state index in [1.165, 1.54) is 0 Å². The molecule has 0 aromatic heterocycles. The van der Waals surface area contributed by atoms with Gasteiger partial charge in [0.2, 0.25) is 15.9 Å². The smallest absolute Gasteiger partial charge is 0.241 e. The minimum atomic E-state index is -3.66. The molecule has 5 nitrogen and oxygen atoms in total. The highest BCUT2D eigenvalue weighted by atomic mass is 32.2. The van der Waals surface area contributed by atoms with Crippen LogP contribution >= 0.6 is 0 Å². The minimum Gasteiger partial charge on any atom is -0.312 e. The number of amides is 1. The molecule has 1 heterocycles. The molecule has 1 unspecified atom stereocenters. The molecule has 27 heavy (non-hydrogen) atoms. The zero-order valence-corrected chi connectivity index (χ0v) is 16.8. The molecule has 2 aromatic carbocycles. The van der Waals surface area contributed by atoms with Crippen LogP contribution in [-0.2, 0) is 14.8 Å². The Morgan fingerprint density at radius 2 is 1.81 bits per heavy atom. The van der Waals surface area contributed by atoms with Crippen LogP contribution in [0.25, 0.3) is 0 Å². The molecular formula is C21H26N2O3S. The normalized spacial score (nSPS) is 16.0. The molecule has 1 N–H and O–H groups in total. The predicted molar refractivity (Wildman–Crippen MR) is 107 cm³/mol.